The van der Waals surface area contributed by atoms with Crippen LogP contribution < -0.4 is 5.22 Å². The Hall–Kier alpha value is -13.5. The molecule has 8 atom stereocenters. The van der Waals surface area contributed by atoms with Gasteiger partial charge in [0.05, 0.1) is 37.9 Å². The van der Waals surface area contributed by atoms with Gasteiger partial charge in [-0.05, 0) is 429 Å². The van der Waals surface area contributed by atoms with Crippen molar-refractivity contribution in [3.8, 4) is 11.1 Å². The van der Waals surface area contributed by atoms with Crippen molar-refractivity contribution in [3.05, 3.63) is 380 Å². The summed E-state index contributed by atoms with van der Waals surface area (Å²) in [6, 6.07) is 74.5. The molecule has 0 heterocycles. The summed E-state index contributed by atoms with van der Waals surface area (Å²) in [6.07, 6.45) is 0. The van der Waals surface area contributed by atoms with Crippen molar-refractivity contribution >= 4 is 194 Å². The maximum atomic E-state index is 2.79. The molecule has 0 nitrogen and oxygen atoms in total. The molecule has 0 fully saturated rings. The van der Waals surface area contributed by atoms with Crippen LogP contribution in [0.1, 0.15) is 216 Å². The lowest BCUT2D eigenvalue weighted by Gasteiger charge is -2.55. The van der Waals surface area contributed by atoms with E-state index in [4.69, 9.17) is 0 Å². The molecule has 3 unspecified atom stereocenters. The minimum atomic E-state index is -0.774. The van der Waals surface area contributed by atoms with Gasteiger partial charge in [-0.1, -0.05) is 224 Å². The summed E-state index contributed by atoms with van der Waals surface area (Å²) in [5.41, 5.74) is 56.0. The highest BCUT2D eigenvalue weighted by molar-refractivity contribution is 6.69. The molecule has 44 rings (SSSR count). The molecule has 25 aromatic carbocycles. The molecule has 19 aliphatic carbocycles. The second kappa shape index (κ2) is 14.1. The first-order valence-electron chi connectivity index (χ1n) is 45.6. The highest BCUT2D eigenvalue weighted by Gasteiger charge is 2.80. The molecule has 0 spiro atoms. The molecular weight excluding hydrogens is 1470 g/mol. The Morgan fingerprint density at radius 1 is 0.180 bits per heavy atom. The third kappa shape index (κ3) is 3.69. The van der Waals surface area contributed by atoms with Crippen molar-refractivity contribution in [3.63, 3.8) is 0 Å². The molecule has 0 saturated carbocycles. The Kier molecular flexibility index (Phi) is 6.42. The molecule has 0 N–H and O–H groups in total. The number of allylic oxidation sites excluding steroid dienone is 2. The average molecular weight is 1520 g/mol. The second-order valence-corrected chi connectivity index (χ2v) is 44.1. The summed E-state index contributed by atoms with van der Waals surface area (Å²) in [5, 5.41) is 59.9. The van der Waals surface area contributed by atoms with Gasteiger partial charge in [0.15, 0.2) is 0 Å². The number of hydrogen-bond donors (Lipinski definition) is 0. The molecular formula is C122H56. The van der Waals surface area contributed by atoms with Gasteiger partial charge < -0.3 is 0 Å². The predicted molar refractivity (Wildman–Crippen MR) is 495 cm³/mol. The van der Waals surface area contributed by atoms with Crippen LogP contribution in [0.2, 0.25) is 0 Å². The minimum Gasteiger partial charge on any atom is -0.0590 e. The molecule has 0 amide bonds. The van der Waals surface area contributed by atoms with Crippen molar-refractivity contribution < 1.29 is 0 Å². The Bertz CT molecular complexity index is 10900. The molecule has 0 saturated heterocycles. The fourth-order valence-corrected chi connectivity index (χ4v) is 38.3. The number of benzene rings is 22. The van der Waals surface area contributed by atoms with Crippen LogP contribution >= 0.6 is 0 Å². The van der Waals surface area contributed by atoms with Gasteiger partial charge in [-0.15, -0.1) is 0 Å². The van der Waals surface area contributed by atoms with E-state index in [9.17, 15) is 0 Å². The van der Waals surface area contributed by atoms with E-state index in [2.05, 4.69) is 232 Å². The lowest BCUT2D eigenvalue weighted by Crippen LogP contribution is -2.50. The van der Waals surface area contributed by atoms with E-state index in [0.717, 1.165) is 0 Å². The van der Waals surface area contributed by atoms with Gasteiger partial charge in [0, 0.05) is 5.92 Å². The smallest absolute Gasteiger partial charge is 0.0590 e. The van der Waals surface area contributed by atoms with Crippen molar-refractivity contribution in [1.29, 1.82) is 0 Å². The van der Waals surface area contributed by atoms with Gasteiger partial charge in [0.2, 0.25) is 0 Å². The first-order chi connectivity index (χ1) is 59.8. The largest absolute Gasteiger partial charge is 0.0733 e. The van der Waals surface area contributed by atoms with E-state index in [-0.39, 0.29) is 11.3 Å². The van der Waals surface area contributed by atoms with E-state index in [0.29, 0.717) is 0 Å². The van der Waals surface area contributed by atoms with Crippen LogP contribution in [0.3, 0.4) is 0 Å². The van der Waals surface area contributed by atoms with E-state index >= 15 is 0 Å². The maximum absolute atomic E-state index is 2.79. The monoisotopic (exact) mass is 1520 g/mol. The van der Waals surface area contributed by atoms with E-state index in [1.54, 1.807) is 338 Å². The summed E-state index contributed by atoms with van der Waals surface area (Å²) in [6.45, 7) is 21.6. The molecule has 25 aromatic rings. The molecule has 122 heavy (non-hydrogen) atoms. The van der Waals surface area contributed by atoms with Crippen LogP contribution in [0.5, 0.6) is 0 Å². The second-order valence-electron chi connectivity index (χ2n) is 44.1. The average Bonchev–Trinajstić information content (AvgIpc) is 1.37. The van der Waals surface area contributed by atoms with Gasteiger partial charge in [0.1, 0.15) is 0 Å². The number of hydrogen-bond acceptors (Lipinski definition) is 0. The van der Waals surface area contributed by atoms with Crippen molar-refractivity contribution in [2.45, 2.75) is 112 Å². The zero-order valence-corrected chi connectivity index (χ0v) is 67.7. The van der Waals surface area contributed by atoms with Crippen LogP contribution in [0, 0.1) is 52.0 Å². The maximum Gasteiger partial charge on any atom is 0.0733 e. The third-order valence-electron chi connectivity index (χ3n) is 40.2. The third-order valence-corrected chi connectivity index (χ3v) is 40.2. The molecule has 0 heteroatoms. The fourth-order valence-electron chi connectivity index (χ4n) is 38.3. The Morgan fingerprint density at radius 2 is 0.467 bits per heavy atom. The van der Waals surface area contributed by atoms with Crippen LogP contribution in [-0.2, 0) is 43.3 Å². The van der Waals surface area contributed by atoms with Crippen molar-refractivity contribution in [2.24, 2.45) is 0 Å². The summed E-state index contributed by atoms with van der Waals surface area (Å²) < 4.78 is 0. The SMILES string of the molecule is Cc1ccc(C23C4=C5C6=c7c4c4c8c9c7=c7c%10c%11c%12c(c%13c%14c%15c(c2c2c%16c3c4c3c4c%16c%16c%17c%18c%19c%20c%21c%22c%23c%19c%19c%24c(c%11c%11c(c%25c(c7%11)[C@]9(c7ccc(C)cc7)c7c(c-%21c(c3c78)C4(c3ccc(C(C)(C)C)cc3)[C@@H]%20%17)[C@@]%22%25c3ccc(C)cc3)C%23%24c3ccc(C)cc3)c3c%12c%14c4c3c%19c%18c3c%16c2c%15c34)[C@@]5%13c2ccc(C)cc2)[C@@]6%10c2ccc(C)cc2)cc1. The summed E-state index contributed by atoms with van der Waals surface area (Å²) in [4.78, 5) is 0. The Morgan fingerprint density at radius 3 is 0.984 bits per heavy atom. The number of aryl methyl sites for hydroxylation is 6. The molecule has 19 aliphatic rings. The van der Waals surface area contributed by atoms with E-state index in [1.165, 1.54) is 77.9 Å². The number of rotatable bonds is 7. The lowest BCUT2D eigenvalue weighted by atomic mass is 9.44. The van der Waals surface area contributed by atoms with Gasteiger partial charge in [-0.2, -0.15) is 0 Å². The zero-order valence-electron chi connectivity index (χ0n) is 67.7. The van der Waals surface area contributed by atoms with Crippen LogP contribution in [0.15, 0.2) is 175 Å². The quantitative estimate of drug-likeness (QED) is 0.110. The molecule has 0 radical (unpaired) electrons. The minimum absolute atomic E-state index is 0.0196. The molecule has 0 aromatic heterocycles. The summed E-state index contributed by atoms with van der Waals surface area (Å²) in [5.74, 6) is -0.0196. The predicted octanol–water partition coefficient (Wildman–Crippen LogP) is 26.8. The molecule has 0 bridgehead atoms. The van der Waals surface area contributed by atoms with Crippen LogP contribution in [0.4, 0.5) is 0 Å². The lowest BCUT2D eigenvalue weighted by molar-refractivity contribution is 0.554. The molecule has 0 aliphatic heterocycles. The fraction of sp³-hybridized carbons (Fsp3) is 0.148. The standard InChI is InChI=1S/C122H56/c1-38-10-22-45(23-11-38)117-95-70-59-56-54-53-52-55-58(56)71(95)81-66-63(55)69-65-57(52)62-60(53)78-79-61(54)64(59)77-74-67(70)82-90-86-87-91-83-68-75-85-88-89-76(68)99(87)120(48-28-16-41(4)17-29-48)106(89)112-93-92(107(103(81)117)122(112,114(108(82)117)111(90)120)50-32-20-43(6)21-33-50)73(66)94(69)116(100(88)93,51-36-34-44(35-37-51)115(7,8)9)96(85)72(65)84-80(62)102-105(78)121(49-30-18-42(5)19-31-49)104(79)101(77)119(97(74)86,47-26-14-40(3)15-27-47)110(91)113(121)109(83)118(102,98(75)84)46-24-12-39(2)13-25-46/h10-37,94H,1-9H3/t94-,116?,117?,118?,119+,120+,121+,122-/m1/s1. The van der Waals surface area contributed by atoms with E-state index in [1.807, 2.05) is 0 Å². The Labute approximate surface area is 692 Å². The van der Waals surface area contributed by atoms with Gasteiger partial charge in [0.25, 0.3) is 0 Å². The zero-order chi connectivity index (χ0) is 77.3. The topological polar surface area (TPSA) is 0 Å². The van der Waals surface area contributed by atoms with Gasteiger partial charge >= 0.3 is 0 Å². The normalized spacial score (nSPS) is 26.0. The van der Waals surface area contributed by atoms with Crippen molar-refractivity contribution in [2.75, 3.05) is 0 Å². The van der Waals surface area contributed by atoms with Crippen LogP contribution in [0.25, 0.3) is 205 Å². The summed E-state index contributed by atoms with van der Waals surface area (Å²) in [7, 11) is 0. The summed E-state index contributed by atoms with van der Waals surface area (Å²) >= 11 is 0. The molecule has 544 valence electrons. The van der Waals surface area contributed by atoms with E-state index < -0.39 is 37.9 Å². The first kappa shape index (κ1) is 55.3. The first-order valence-corrected chi connectivity index (χ1v) is 45.6. The highest BCUT2D eigenvalue weighted by Crippen LogP contribution is 2.93. The van der Waals surface area contributed by atoms with Gasteiger partial charge in [-0.25, -0.2) is 0 Å². The van der Waals surface area contributed by atoms with Gasteiger partial charge in [-0.3, -0.25) is 0 Å². The Balaban J connectivity index is 0.942. The van der Waals surface area contributed by atoms with Crippen LogP contribution in [-0.4, -0.2) is 0 Å². The highest BCUT2D eigenvalue weighted by atomic mass is 14.8. The van der Waals surface area contributed by atoms with Crippen molar-refractivity contribution in [1.82, 2.24) is 0 Å².